The summed E-state index contributed by atoms with van der Waals surface area (Å²) >= 11 is 0. The molecule has 3 heteroatoms. The number of hydrogen-bond donors (Lipinski definition) is 1. The molecule has 1 amide bonds. The number of para-hydroxylation sites is 1. The lowest BCUT2D eigenvalue weighted by Gasteiger charge is -2.10. The number of rotatable bonds is 3. The molecule has 0 fully saturated rings. The number of nitrogens with one attached hydrogen (secondary N) is 1. The maximum absolute atomic E-state index is 13.0. The van der Waals surface area contributed by atoms with Gasteiger partial charge in [0, 0.05) is 28.1 Å². The van der Waals surface area contributed by atoms with Crippen LogP contribution in [0.1, 0.15) is 10.4 Å². The molecule has 0 aliphatic heterocycles. The molecule has 0 unspecified atom stereocenters. The molecule has 4 aromatic carbocycles. The van der Waals surface area contributed by atoms with Crippen molar-refractivity contribution in [2.75, 3.05) is 5.32 Å². The van der Waals surface area contributed by atoms with E-state index in [-0.39, 0.29) is 5.91 Å². The summed E-state index contributed by atoms with van der Waals surface area (Å²) in [5, 5.41) is 5.12. The summed E-state index contributed by atoms with van der Waals surface area (Å²) in [6.45, 7) is 0. The highest BCUT2D eigenvalue weighted by molar-refractivity contribution is 6.10. The van der Waals surface area contributed by atoms with Crippen LogP contribution in [-0.2, 0) is 0 Å². The smallest absolute Gasteiger partial charge is 0.256 e. The minimum absolute atomic E-state index is 0.144. The van der Waals surface area contributed by atoms with Gasteiger partial charge in [-0.2, -0.15) is 0 Å². The van der Waals surface area contributed by atoms with Crippen molar-refractivity contribution in [2.45, 2.75) is 0 Å². The Balaban J connectivity index is 1.50. The SMILES string of the molecule is O=C(Nc1ccc2c(c1)oc1ccccc12)c1ccccc1-c1ccccc1. The fourth-order valence-corrected chi connectivity index (χ4v) is 3.55. The molecule has 5 rings (SSSR count). The Bertz CT molecular complexity index is 1300. The van der Waals surface area contributed by atoms with Gasteiger partial charge in [-0.1, -0.05) is 66.7 Å². The Morgan fingerprint density at radius 3 is 2.29 bits per heavy atom. The molecule has 134 valence electrons. The quantitative estimate of drug-likeness (QED) is 0.397. The molecule has 0 aliphatic carbocycles. The Kier molecular flexibility index (Phi) is 3.91. The Labute approximate surface area is 162 Å². The Hall–Kier alpha value is -3.85. The van der Waals surface area contributed by atoms with Gasteiger partial charge < -0.3 is 9.73 Å². The summed E-state index contributed by atoms with van der Waals surface area (Å²) in [4.78, 5) is 13.0. The van der Waals surface area contributed by atoms with Crippen molar-refractivity contribution in [1.29, 1.82) is 0 Å². The average Bonchev–Trinajstić information content (AvgIpc) is 3.12. The topological polar surface area (TPSA) is 42.2 Å². The van der Waals surface area contributed by atoms with E-state index in [0.717, 1.165) is 33.1 Å². The molecular formula is C25H17NO2. The van der Waals surface area contributed by atoms with Crippen molar-refractivity contribution >= 4 is 33.5 Å². The maximum Gasteiger partial charge on any atom is 0.256 e. The first-order chi connectivity index (χ1) is 13.8. The second-order valence-electron chi connectivity index (χ2n) is 6.67. The van der Waals surface area contributed by atoms with E-state index in [4.69, 9.17) is 4.42 Å². The van der Waals surface area contributed by atoms with Crippen molar-refractivity contribution in [1.82, 2.24) is 0 Å². The maximum atomic E-state index is 13.0. The van der Waals surface area contributed by atoms with E-state index in [1.165, 1.54) is 0 Å². The van der Waals surface area contributed by atoms with Crippen LogP contribution in [0.4, 0.5) is 5.69 Å². The fourth-order valence-electron chi connectivity index (χ4n) is 3.55. The summed E-state index contributed by atoms with van der Waals surface area (Å²) in [5.41, 5.74) is 4.87. The van der Waals surface area contributed by atoms with Gasteiger partial charge in [-0.25, -0.2) is 0 Å². The number of amides is 1. The number of fused-ring (bicyclic) bond motifs is 3. The normalized spacial score (nSPS) is 11.0. The zero-order chi connectivity index (χ0) is 18.9. The number of carbonyl (C=O) groups excluding carboxylic acids is 1. The van der Waals surface area contributed by atoms with Crippen molar-refractivity contribution in [3.63, 3.8) is 0 Å². The lowest BCUT2D eigenvalue weighted by Crippen LogP contribution is -2.13. The standard InChI is InChI=1S/C25H17NO2/c27-25(22-12-5-4-10-19(22)17-8-2-1-3-9-17)26-18-14-15-21-20-11-6-7-13-23(20)28-24(21)16-18/h1-16H,(H,26,27). The first-order valence-electron chi connectivity index (χ1n) is 9.17. The zero-order valence-corrected chi connectivity index (χ0v) is 15.1. The van der Waals surface area contributed by atoms with E-state index < -0.39 is 0 Å². The summed E-state index contributed by atoms with van der Waals surface area (Å²) in [5.74, 6) is -0.144. The van der Waals surface area contributed by atoms with Crippen molar-refractivity contribution in [3.05, 3.63) is 103 Å². The molecule has 1 aromatic heterocycles. The Morgan fingerprint density at radius 2 is 1.39 bits per heavy atom. The molecule has 1 heterocycles. The van der Waals surface area contributed by atoms with Crippen LogP contribution in [-0.4, -0.2) is 5.91 Å². The summed E-state index contributed by atoms with van der Waals surface area (Å²) in [7, 11) is 0. The molecule has 0 spiro atoms. The molecule has 5 aromatic rings. The van der Waals surface area contributed by atoms with Gasteiger partial charge in [0.25, 0.3) is 5.91 Å². The number of anilines is 1. The van der Waals surface area contributed by atoms with Gasteiger partial charge in [0.15, 0.2) is 0 Å². The fraction of sp³-hybridized carbons (Fsp3) is 0. The lowest BCUT2D eigenvalue weighted by atomic mass is 9.99. The van der Waals surface area contributed by atoms with Crippen LogP contribution in [0, 0.1) is 0 Å². The minimum atomic E-state index is -0.144. The second kappa shape index (κ2) is 6.71. The van der Waals surface area contributed by atoms with E-state index in [9.17, 15) is 4.79 Å². The van der Waals surface area contributed by atoms with Crippen LogP contribution < -0.4 is 5.32 Å². The van der Waals surface area contributed by atoms with Gasteiger partial charge in [-0.3, -0.25) is 4.79 Å². The van der Waals surface area contributed by atoms with E-state index in [2.05, 4.69) is 5.32 Å². The van der Waals surface area contributed by atoms with Gasteiger partial charge in [0.1, 0.15) is 11.2 Å². The average molecular weight is 363 g/mol. The highest BCUT2D eigenvalue weighted by atomic mass is 16.3. The van der Waals surface area contributed by atoms with Gasteiger partial charge in [0.2, 0.25) is 0 Å². The highest BCUT2D eigenvalue weighted by Gasteiger charge is 2.13. The first-order valence-corrected chi connectivity index (χ1v) is 9.17. The molecule has 0 aliphatic rings. The molecule has 0 saturated carbocycles. The third-order valence-corrected chi connectivity index (χ3v) is 4.89. The number of benzene rings is 4. The summed E-state index contributed by atoms with van der Waals surface area (Å²) in [6, 6.07) is 31.3. The van der Waals surface area contributed by atoms with Crippen molar-refractivity contribution in [3.8, 4) is 11.1 Å². The van der Waals surface area contributed by atoms with Crippen LogP contribution in [0.5, 0.6) is 0 Å². The molecular weight excluding hydrogens is 346 g/mol. The third-order valence-electron chi connectivity index (χ3n) is 4.89. The highest BCUT2D eigenvalue weighted by Crippen LogP contribution is 2.31. The van der Waals surface area contributed by atoms with Crippen LogP contribution in [0.25, 0.3) is 33.1 Å². The lowest BCUT2D eigenvalue weighted by molar-refractivity contribution is 0.102. The molecule has 3 nitrogen and oxygen atoms in total. The number of hydrogen-bond acceptors (Lipinski definition) is 2. The third kappa shape index (κ3) is 2.83. The van der Waals surface area contributed by atoms with Gasteiger partial charge in [-0.15, -0.1) is 0 Å². The van der Waals surface area contributed by atoms with Crippen LogP contribution in [0.2, 0.25) is 0 Å². The number of furan rings is 1. The van der Waals surface area contributed by atoms with Crippen molar-refractivity contribution < 1.29 is 9.21 Å². The Morgan fingerprint density at radius 1 is 0.679 bits per heavy atom. The van der Waals surface area contributed by atoms with E-state index >= 15 is 0 Å². The minimum Gasteiger partial charge on any atom is -0.456 e. The van der Waals surface area contributed by atoms with E-state index in [0.29, 0.717) is 11.3 Å². The monoisotopic (exact) mass is 363 g/mol. The predicted molar refractivity (Wildman–Crippen MR) is 114 cm³/mol. The second-order valence-corrected chi connectivity index (χ2v) is 6.67. The molecule has 0 bridgehead atoms. The molecule has 0 saturated heterocycles. The zero-order valence-electron chi connectivity index (χ0n) is 15.1. The van der Waals surface area contributed by atoms with E-state index in [1.807, 2.05) is 97.1 Å². The summed E-state index contributed by atoms with van der Waals surface area (Å²) in [6.07, 6.45) is 0. The van der Waals surface area contributed by atoms with Crippen LogP contribution in [0.15, 0.2) is 101 Å². The number of carbonyl (C=O) groups is 1. The molecule has 0 atom stereocenters. The van der Waals surface area contributed by atoms with E-state index in [1.54, 1.807) is 0 Å². The van der Waals surface area contributed by atoms with Crippen LogP contribution >= 0.6 is 0 Å². The largest absolute Gasteiger partial charge is 0.456 e. The molecule has 0 radical (unpaired) electrons. The predicted octanol–water partition coefficient (Wildman–Crippen LogP) is 6.51. The van der Waals surface area contributed by atoms with Gasteiger partial charge in [0.05, 0.1) is 0 Å². The van der Waals surface area contributed by atoms with Gasteiger partial charge in [-0.05, 0) is 35.4 Å². The molecule has 1 N–H and O–H groups in total. The van der Waals surface area contributed by atoms with Gasteiger partial charge >= 0.3 is 0 Å². The van der Waals surface area contributed by atoms with Crippen molar-refractivity contribution in [2.24, 2.45) is 0 Å². The van der Waals surface area contributed by atoms with Crippen LogP contribution in [0.3, 0.4) is 0 Å². The first kappa shape index (κ1) is 16.3. The molecule has 28 heavy (non-hydrogen) atoms. The summed E-state index contributed by atoms with van der Waals surface area (Å²) < 4.78 is 5.92.